The predicted molar refractivity (Wildman–Crippen MR) is 76.3 cm³/mol. The average Bonchev–Trinajstić information content (AvgIpc) is 2.83. The summed E-state index contributed by atoms with van der Waals surface area (Å²) in [5, 5.41) is 3.80. The summed E-state index contributed by atoms with van der Waals surface area (Å²) in [5.74, 6) is 0. The lowest BCUT2D eigenvalue weighted by molar-refractivity contribution is -0.660. The van der Waals surface area contributed by atoms with Crippen molar-refractivity contribution < 1.29 is 9.20 Å². The second-order valence-electron chi connectivity index (χ2n) is 4.15. The topological polar surface area (TPSA) is 49.9 Å². The number of hydrogen-bond acceptors (Lipinski definition) is 2. The quantitative estimate of drug-likeness (QED) is 0.739. The van der Waals surface area contributed by atoms with Crippen LogP contribution in [0.15, 0.2) is 57.8 Å². The number of hydrogen-bond donors (Lipinski definition) is 1. The van der Waals surface area contributed by atoms with Gasteiger partial charge in [0, 0.05) is 22.2 Å². The number of aromatic nitrogens is 2. The Morgan fingerprint density at radius 1 is 0.900 bits per heavy atom. The highest BCUT2D eigenvalue weighted by Gasteiger charge is 2.24. The summed E-state index contributed by atoms with van der Waals surface area (Å²) < 4.78 is 6.44. The van der Waals surface area contributed by atoms with Gasteiger partial charge in [-0.15, -0.1) is 0 Å². The SMILES string of the molecule is O=c1o[nH][n+](-c2ccc(Cl)cc2)c1-c1ccc(Cl)cc1. The zero-order chi connectivity index (χ0) is 14.1. The van der Waals surface area contributed by atoms with Crippen LogP contribution in [-0.2, 0) is 0 Å². The van der Waals surface area contributed by atoms with E-state index in [4.69, 9.17) is 27.7 Å². The molecule has 0 aliphatic carbocycles. The maximum absolute atomic E-state index is 11.9. The molecule has 0 radical (unpaired) electrons. The smallest absolute Gasteiger partial charge is 0.282 e. The van der Waals surface area contributed by atoms with E-state index in [0.717, 1.165) is 5.69 Å². The van der Waals surface area contributed by atoms with E-state index in [1.54, 1.807) is 53.2 Å². The number of rotatable bonds is 2. The van der Waals surface area contributed by atoms with Crippen LogP contribution in [0.25, 0.3) is 16.9 Å². The molecule has 0 saturated carbocycles. The Balaban J connectivity index is 2.17. The maximum atomic E-state index is 11.9. The van der Waals surface area contributed by atoms with Crippen molar-refractivity contribution in [3.05, 3.63) is 69.0 Å². The molecule has 20 heavy (non-hydrogen) atoms. The Labute approximate surface area is 124 Å². The molecule has 0 amide bonds. The predicted octanol–water partition coefficient (Wildman–Crippen LogP) is 3.22. The monoisotopic (exact) mass is 307 g/mol. The van der Waals surface area contributed by atoms with Crippen LogP contribution in [0.5, 0.6) is 0 Å². The summed E-state index contributed by atoms with van der Waals surface area (Å²) in [4.78, 5) is 11.9. The molecule has 3 rings (SSSR count). The molecule has 0 unspecified atom stereocenters. The minimum absolute atomic E-state index is 0.393. The molecule has 3 aromatic rings. The summed E-state index contributed by atoms with van der Waals surface area (Å²) in [7, 11) is 0. The van der Waals surface area contributed by atoms with Crippen molar-refractivity contribution in [1.82, 2.24) is 5.27 Å². The van der Waals surface area contributed by atoms with Gasteiger partial charge in [-0.2, -0.15) is 0 Å². The Hall–Kier alpha value is -2.04. The summed E-state index contributed by atoms with van der Waals surface area (Å²) in [6.45, 7) is 0. The molecule has 0 atom stereocenters. The van der Waals surface area contributed by atoms with Crippen molar-refractivity contribution >= 4 is 23.2 Å². The van der Waals surface area contributed by atoms with Crippen LogP contribution in [0.3, 0.4) is 0 Å². The average molecular weight is 308 g/mol. The second-order valence-corrected chi connectivity index (χ2v) is 5.02. The number of H-pyrrole nitrogens is 1. The molecule has 2 aromatic carbocycles. The zero-order valence-corrected chi connectivity index (χ0v) is 11.7. The van der Waals surface area contributed by atoms with Crippen molar-refractivity contribution in [1.29, 1.82) is 0 Å². The van der Waals surface area contributed by atoms with E-state index < -0.39 is 5.63 Å². The van der Waals surface area contributed by atoms with Crippen molar-refractivity contribution in [2.45, 2.75) is 0 Å². The van der Waals surface area contributed by atoms with Crippen molar-refractivity contribution in [3.8, 4) is 16.9 Å². The lowest BCUT2D eigenvalue weighted by Gasteiger charge is -1.96. The lowest BCUT2D eigenvalue weighted by Crippen LogP contribution is -2.36. The molecule has 0 aliphatic rings. The molecule has 1 N–H and O–H groups in total. The number of benzene rings is 2. The first-order valence-corrected chi connectivity index (χ1v) is 6.56. The van der Waals surface area contributed by atoms with Crippen molar-refractivity contribution in [2.24, 2.45) is 0 Å². The van der Waals surface area contributed by atoms with Crippen LogP contribution in [0.1, 0.15) is 0 Å². The largest absolute Gasteiger partial charge is 0.435 e. The molecule has 1 aromatic heterocycles. The van der Waals surface area contributed by atoms with Crippen LogP contribution in [0, 0.1) is 0 Å². The highest BCUT2D eigenvalue weighted by atomic mass is 35.5. The van der Waals surface area contributed by atoms with E-state index in [1.165, 1.54) is 0 Å². The molecular weight excluding hydrogens is 299 g/mol. The summed E-state index contributed by atoms with van der Waals surface area (Å²) in [6, 6.07) is 14.0. The first-order valence-electron chi connectivity index (χ1n) is 5.80. The van der Waals surface area contributed by atoms with E-state index in [-0.39, 0.29) is 0 Å². The Kier molecular flexibility index (Phi) is 3.34. The Bertz CT molecular complexity index is 789. The van der Waals surface area contributed by atoms with Gasteiger partial charge in [-0.05, 0) is 46.4 Å². The van der Waals surface area contributed by atoms with Crippen molar-refractivity contribution in [3.63, 3.8) is 0 Å². The van der Waals surface area contributed by atoms with Gasteiger partial charge in [0.05, 0.1) is 5.56 Å². The van der Waals surface area contributed by atoms with Crippen LogP contribution in [0.2, 0.25) is 10.0 Å². The zero-order valence-electron chi connectivity index (χ0n) is 10.1. The highest BCUT2D eigenvalue weighted by Crippen LogP contribution is 2.17. The molecular formula is C14H9Cl2N2O2+. The third-order valence-electron chi connectivity index (χ3n) is 2.85. The molecule has 100 valence electrons. The number of nitrogens with zero attached hydrogens (tertiary/aromatic N) is 1. The molecule has 6 heteroatoms. The van der Waals surface area contributed by atoms with Gasteiger partial charge in [-0.25, -0.2) is 4.79 Å². The summed E-state index contributed by atoms with van der Waals surface area (Å²) >= 11 is 11.7. The molecule has 4 nitrogen and oxygen atoms in total. The summed E-state index contributed by atoms with van der Waals surface area (Å²) in [5.41, 5.74) is 1.39. The molecule has 0 saturated heterocycles. The first-order chi connectivity index (χ1) is 9.65. The van der Waals surface area contributed by atoms with Gasteiger partial charge < -0.3 is 0 Å². The van der Waals surface area contributed by atoms with Crippen molar-refractivity contribution in [2.75, 3.05) is 0 Å². The maximum Gasteiger partial charge on any atom is 0.435 e. The Morgan fingerprint density at radius 3 is 2.05 bits per heavy atom. The molecule has 0 bridgehead atoms. The van der Waals surface area contributed by atoms with E-state index in [2.05, 4.69) is 5.27 Å². The van der Waals surface area contributed by atoms with Gasteiger partial charge in [0.1, 0.15) is 0 Å². The number of halogens is 2. The van der Waals surface area contributed by atoms with Gasteiger partial charge in [0.2, 0.25) is 5.69 Å². The van der Waals surface area contributed by atoms with Crippen LogP contribution < -0.4 is 10.3 Å². The number of aromatic amines is 1. The fourth-order valence-electron chi connectivity index (χ4n) is 1.90. The Morgan fingerprint density at radius 2 is 1.45 bits per heavy atom. The normalized spacial score (nSPS) is 10.7. The van der Waals surface area contributed by atoms with Gasteiger partial charge in [0.25, 0.3) is 0 Å². The van der Waals surface area contributed by atoms with Gasteiger partial charge in [-0.1, -0.05) is 23.2 Å². The molecule has 1 heterocycles. The van der Waals surface area contributed by atoms with E-state index in [0.29, 0.717) is 21.3 Å². The minimum atomic E-state index is -0.456. The molecule has 0 aliphatic heterocycles. The summed E-state index contributed by atoms with van der Waals surface area (Å²) in [6.07, 6.45) is 0. The third kappa shape index (κ3) is 2.35. The standard InChI is InChI=1S/C14H8Cl2N2O2/c15-10-3-1-9(2-4-10)13-14(19)20-17-18(13)12-7-5-11(16)6-8-12/h1-8H/p+1. The second kappa shape index (κ2) is 5.15. The minimum Gasteiger partial charge on any atom is -0.282 e. The van der Waals surface area contributed by atoms with Crippen LogP contribution in [-0.4, -0.2) is 5.27 Å². The molecule has 0 spiro atoms. The van der Waals surface area contributed by atoms with Gasteiger partial charge in [-0.3, -0.25) is 4.52 Å². The number of nitrogens with one attached hydrogen (secondary N) is 1. The molecule has 0 fully saturated rings. The fourth-order valence-corrected chi connectivity index (χ4v) is 2.15. The third-order valence-corrected chi connectivity index (χ3v) is 3.35. The first kappa shape index (κ1) is 13.0. The highest BCUT2D eigenvalue weighted by molar-refractivity contribution is 6.30. The lowest BCUT2D eigenvalue weighted by atomic mass is 10.1. The van der Waals surface area contributed by atoms with E-state index in [9.17, 15) is 4.79 Å². The van der Waals surface area contributed by atoms with Gasteiger partial charge >= 0.3 is 11.3 Å². The fraction of sp³-hybridized carbons (Fsp3) is 0. The van der Waals surface area contributed by atoms with E-state index in [1.807, 2.05) is 0 Å². The van der Waals surface area contributed by atoms with E-state index >= 15 is 0 Å². The van der Waals surface area contributed by atoms with Gasteiger partial charge in [0.15, 0.2) is 0 Å². The van der Waals surface area contributed by atoms with Crippen LogP contribution >= 0.6 is 23.2 Å². The van der Waals surface area contributed by atoms with Crippen LogP contribution in [0.4, 0.5) is 0 Å².